The second-order valence-electron chi connectivity index (χ2n) is 8.36. The van der Waals surface area contributed by atoms with Crippen molar-refractivity contribution in [2.45, 2.75) is 38.1 Å². The number of aliphatic hydroxyl groups is 1. The first-order chi connectivity index (χ1) is 14.5. The van der Waals surface area contributed by atoms with Gasteiger partial charge in [0.25, 0.3) is 11.7 Å². The van der Waals surface area contributed by atoms with E-state index in [4.69, 9.17) is 0 Å². The number of aliphatic hydroxyl groups excluding tert-OH is 1. The smallest absolute Gasteiger partial charge is 0.295 e. The van der Waals surface area contributed by atoms with Crippen molar-refractivity contribution in [2.24, 2.45) is 0 Å². The van der Waals surface area contributed by atoms with E-state index in [9.17, 15) is 14.7 Å². The Kier molecular flexibility index (Phi) is 6.06. The molecule has 2 heterocycles. The molecule has 1 atom stereocenters. The number of Topliss-reactive ketones (excluding diaryl/α,β-unsaturated/α-hetero) is 1. The fourth-order valence-corrected chi connectivity index (χ4v) is 5.29. The molecule has 2 aromatic rings. The minimum absolute atomic E-state index is 0.0600. The van der Waals surface area contributed by atoms with E-state index >= 15 is 0 Å². The Morgan fingerprint density at radius 3 is 2.63 bits per heavy atom. The predicted molar refractivity (Wildman–Crippen MR) is 120 cm³/mol. The summed E-state index contributed by atoms with van der Waals surface area (Å²) in [6.07, 6.45) is 5.14. The van der Waals surface area contributed by atoms with Crippen LogP contribution in [0.15, 0.2) is 41.3 Å². The highest BCUT2D eigenvalue weighted by Crippen LogP contribution is 2.41. The number of hydrogen-bond acceptors (Lipinski definition) is 5. The number of hydrogen-bond donors (Lipinski definition) is 1. The summed E-state index contributed by atoms with van der Waals surface area (Å²) in [4.78, 5) is 30.5. The molecule has 1 saturated heterocycles. The number of carbonyl (C=O) groups is 2. The highest BCUT2D eigenvalue weighted by atomic mass is 32.1. The summed E-state index contributed by atoms with van der Waals surface area (Å²) in [6, 6.07) is 9.25. The third kappa shape index (κ3) is 3.94. The minimum atomic E-state index is -0.589. The molecule has 4 rings (SSSR count). The third-order valence-electron chi connectivity index (χ3n) is 5.98. The van der Waals surface area contributed by atoms with Gasteiger partial charge in [0.2, 0.25) is 0 Å². The van der Waals surface area contributed by atoms with Crippen molar-refractivity contribution < 1.29 is 14.7 Å². The van der Waals surface area contributed by atoms with Crippen molar-refractivity contribution in [3.63, 3.8) is 0 Å². The zero-order valence-electron chi connectivity index (χ0n) is 17.6. The summed E-state index contributed by atoms with van der Waals surface area (Å²) in [6.45, 7) is 1.30. The number of benzene rings is 1. The fraction of sp³-hybridized carbons (Fsp3) is 0.417. The van der Waals surface area contributed by atoms with E-state index in [-0.39, 0.29) is 11.3 Å². The number of aryl methyl sites for hydroxylation is 2. The second kappa shape index (κ2) is 8.74. The number of fused-ring (bicyclic) bond motifs is 1. The molecule has 5 nitrogen and oxygen atoms in total. The Hall–Kier alpha value is -2.44. The van der Waals surface area contributed by atoms with Crippen molar-refractivity contribution in [1.82, 2.24) is 9.80 Å². The van der Waals surface area contributed by atoms with Crippen LogP contribution < -0.4 is 0 Å². The van der Waals surface area contributed by atoms with Gasteiger partial charge in [-0.25, -0.2) is 0 Å². The molecular formula is C24H28N2O3S. The summed E-state index contributed by atoms with van der Waals surface area (Å²) in [5.74, 6) is -1.17. The molecule has 1 aromatic carbocycles. The van der Waals surface area contributed by atoms with E-state index in [0.29, 0.717) is 12.1 Å². The van der Waals surface area contributed by atoms with Gasteiger partial charge in [-0.1, -0.05) is 18.2 Å². The topological polar surface area (TPSA) is 60.9 Å². The molecule has 1 unspecified atom stereocenters. The van der Waals surface area contributed by atoms with Crippen LogP contribution in [0, 0.1) is 0 Å². The van der Waals surface area contributed by atoms with Crippen molar-refractivity contribution in [3.8, 4) is 0 Å². The second-order valence-corrected chi connectivity index (χ2v) is 9.33. The van der Waals surface area contributed by atoms with Gasteiger partial charge >= 0.3 is 0 Å². The number of thiophene rings is 1. The lowest BCUT2D eigenvalue weighted by Crippen LogP contribution is -2.32. The van der Waals surface area contributed by atoms with Gasteiger partial charge in [-0.05, 0) is 81.4 Å². The van der Waals surface area contributed by atoms with E-state index in [1.807, 2.05) is 43.7 Å². The van der Waals surface area contributed by atoms with Gasteiger partial charge in [0, 0.05) is 17.0 Å². The van der Waals surface area contributed by atoms with Crippen LogP contribution >= 0.6 is 11.3 Å². The van der Waals surface area contributed by atoms with Crippen molar-refractivity contribution in [2.75, 3.05) is 27.2 Å². The summed E-state index contributed by atoms with van der Waals surface area (Å²) in [5.41, 5.74) is 3.39. The quantitative estimate of drug-likeness (QED) is 0.433. The maximum Gasteiger partial charge on any atom is 0.295 e. The first-order valence-electron chi connectivity index (χ1n) is 10.6. The van der Waals surface area contributed by atoms with Crippen LogP contribution in [0.2, 0.25) is 0 Å². The number of carbonyl (C=O) groups excluding carboxylic acids is 2. The first-order valence-corrected chi connectivity index (χ1v) is 11.4. The lowest BCUT2D eigenvalue weighted by Gasteiger charge is -2.25. The molecule has 30 heavy (non-hydrogen) atoms. The van der Waals surface area contributed by atoms with Gasteiger partial charge < -0.3 is 14.9 Å². The molecule has 1 fully saturated rings. The van der Waals surface area contributed by atoms with Gasteiger partial charge in [-0.3, -0.25) is 9.59 Å². The van der Waals surface area contributed by atoms with E-state index in [1.165, 1.54) is 28.9 Å². The van der Waals surface area contributed by atoms with E-state index in [0.717, 1.165) is 37.1 Å². The van der Waals surface area contributed by atoms with Crippen LogP contribution in [0.4, 0.5) is 0 Å². The molecule has 1 N–H and O–H groups in total. The maximum absolute atomic E-state index is 13.0. The molecule has 0 radical (unpaired) electrons. The summed E-state index contributed by atoms with van der Waals surface area (Å²) in [7, 11) is 3.97. The largest absolute Gasteiger partial charge is 0.507 e. The molecule has 158 valence electrons. The number of ketones is 1. The van der Waals surface area contributed by atoms with Crippen LogP contribution in [0.25, 0.3) is 5.76 Å². The average Bonchev–Trinajstić information content (AvgIpc) is 3.35. The molecule has 0 bridgehead atoms. The zero-order chi connectivity index (χ0) is 21.3. The predicted octanol–water partition coefficient (Wildman–Crippen LogP) is 4.00. The van der Waals surface area contributed by atoms with Gasteiger partial charge in [-0.15, -0.1) is 11.3 Å². The Balaban J connectivity index is 1.74. The van der Waals surface area contributed by atoms with Gasteiger partial charge in [0.15, 0.2) is 0 Å². The Morgan fingerprint density at radius 1 is 1.17 bits per heavy atom. The number of likely N-dealkylation sites (tertiary alicyclic amines) is 1. The molecule has 0 spiro atoms. The molecule has 1 aliphatic carbocycles. The van der Waals surface area contributed by atoms with E-state index < -0.39 is 17.7 Å². The molecule has 1 aliphatic heterocycles. The summed E-state index contributed by atoms with van der Waals surface area (Å²) >= 11 is 1.51. The fourth-order valence-electron chi connectivity index (χ4n) is 4.45. The molecule has 1 aromatic heterocycles. The summed E-state index contributed by atoms with van der Waals surface area (Å²) in [5, 5.41) is 13.1. The normalized spacial score (nSPS) is 20.8. The standard InChI is InChI=1S/C24H28N2O3S/c1-25(2)12-6-13-26-21(19-9-5-14-30-19)20(23(28)24(26)29)22(27)18-11-10-16-7-3-4-8-17(16)15-18/h5,9-11,14-15,21,27H,3-4,6-8,12-13H2,1-2H3/b22-20-. The van der Waals surface area contributed by atoms with E-state index in [1.54, 1.807) is 4.90 Å². The zero-order valence-corrected chi connectivity index (χ0v) is 18.4. The third-order valence-corrected chi connectivity index (χ3v) is 6.90. The average molecular weight is 425 g/mol. The maximum atomic E-state index is 13.0. The van der Waals surface area contributed by atoms with Gasteiger partial charge in [0.05, 0.1) is 11.6 Å². The van der Waals surface area contributed by atoms with E-state index in [2.05, 4.69) is 11.0 Å². The number of rotatable bonds is 6. The van der Waals surface area contributed by atoms with Crippen LogP contribution in [-0.2, 0) is 22.4 Å². The Morgan fingerprint density at radius 2 is 1.93 bits per heavy atom. The van der Waals surface area contributed by atoms with Crippen LogP contribution in [-0.4, -0.2) is 53.8 Å². The van der Waals surface area contributed by atoms with Crippen molar-refractivity contribution in [3.05, 3.63) is 62.9 Å². The highest BCUT2D eigenvalue weighted by molar-refractivity contribution is 7.10. The molecule has 0 saturated carbocycles. The monoisotopic (exact) mass is 424 g/mol. The Labute approximate surface area is 181 Å². The number of amides is 1. The van der Waals surface area contributed by atoms with Crippen LogP contribution in [0.1, 0.15) is 46.9 Å². The lowest BCUT2D eigenvalue weighted by atomic mass is 9.89. The molecule has 1 amide bonds. The lowest BCUT2D eigenvalue weighted by molar-refractivity contribution is -0.139. The van der Waals surface area contributed by atoms with Gasteiger partial charge in [-0.2, -0.15) is 0 Å². The molecule has 2 aliphatic rings. The SMILES string of the molecule is CN(C)CCCN1C(=O)C(=O)/C(=C(\O)c2ccc3c(c2)CCCC3)C1c1cccs1. The van der Waals surface area contributed by atoms with Crippen LogP contribution in [0.3, 0.4) is 0 Å². The molecular weight excluding hydrogens is 396 g/mol. The minimum Gasteiger partial charge on any atom is -0.507 e. The Bertz CT molecular complexity index is 978. The van der Waals surface area contributed by atoms with Crippen LogP contribution in [0.5, 0.6) is 0 Å². The highest BCUT2D eigenvalue weighted by Gasteiger charge is 2.46. The first kappa shape index (κ1) is 20.8. The molecule has 6 heteroatoms. The number of nitrogens with zero attached hydrogens (tertiary/aromatic N) is 2. The van der Waals surface area contributed by atoms with Gasteiger partial charge in [0.1, 0.15) is 5.76 Å². The van der Waals surface area contributed by atoms with Crippen molar-refractivity contribution >= 4 is 28.8 Å². The van der Waals surface area contributed by atoms with Crippen molar-refractivity contribution in [1.29, 1.82) is 0 Å². The summed E-state index contributed by atoms with van der Waals surface area (Å²) < 4.78 is 0.